The molecule has 0 bridgehead atoms. The highest BCUT2D eigenvalue weighted by molar-refractivity contribution is 6.31. The molecule has 3 unspecified atom stereocenters. The van der Waals surface area contributed by atoms with E-state index in [4.69, 9.17) is 16.7 Å². The predicted molar refractivity (Wildman–Crippen MR) is 81.5 cm³/mol. The molecule has 1 saturated carbocycles. The van der Waals surface area contributed by atoms with Crippen molar-refractivity contribution in [3.05, 3.63) is 23.3 Å². The van der Waals surface area contributed by atoms with Crippen molar-refractivity contribution in [2.75, 3.05) is 13.2 Å². The predicted octanol–water partition coefficient (Wildman–Crippen LogP) is 0.935. The largest absolute Gasteiger partial charge is 0.394 e. The molecule has 2 aliphatic carbocycles. The zero-order valence-corrected chi connectivity index (χ0v) is 13.2. The van der Waals surface area contributed by atoms with E-state index in [2.05, 4.69) is 13.0 Å². The van der Waals surface area contributed by atoms with E-state index in [0.29, 0.717) is 30.3 Å². The lowest BCUT2D eigenvalue weighted by Crippen LogP contribution is -2.90. The zero-order valence-electron chi connectivity index (χ0n) is 12.5. The van der Waals surface area contributed by atoms with E-state index >= 15 is 0 Å². The minimum Gasteiger partial charge on any atom is -0.394 e. The lowest BCUT2D eigenvalue weighted by atomic mass is 9.70. The SMILES string of the molecule is CC1(C2CC2)C=CC=C(Cl)C1C(=O)[NH2+]CCCC(O)CO. The maximum Gasteiger partial charge on any atom is 0.319 e. The molecular weight excluding hydrogens is 290 g/mol. The quantitative estimate of drug-likeness (QED) is 0.612. The van der Waals surface area contributed by atoms with Gasteiger partial charge in [-0.2, -0.15) is 0 Å². The second-order valence-corrected chi connectivity index (χ2v) is 6.79. The van der Waals surface area contributed by atoms with Crippen LogP contribution in [0.15, 0.2) is 23.3 Å². The van der Waals surface area contributed by atoms with Gasteiger partial charge in [-0.3, -0.25) is 5.32 Å². The van der Waals surface area contributed by atoms with Gasteiger partial charge in [-0.15, -0.1) is 0 Å². The molecule has 3 atom stereocenters. The number of allylic oxidation sites excluding steroid dienone is 3. The Hall–Kier alpha value is -0.680. The molecule has 1 fully saturated rings. The Morgan fingerprint density at radius 1 is 1.57 bits per heavy atom. The molecule has 0 spiro atoms. The maximum atomic E-state index is 12.5. The smallest absolute Gasteiger partial charge is 0.319 e. The van der Waals surface area contributed by atoms with Crippen molar-refractivity contribution in [3.63, 3.8) is 0 Å². The number of quaternary nitrogens is 1. The van der Waals surface area contributed by atoms with E-state index in [1.165, 1.54) is 0 Å². The average molecular weight is 315 g/mol. The van der Waals surface area contributed by atoms with Crippen molar-refractivity contribution in [3.8, 4) is 0 Å². The number of aliphatic hydroxyl groups is 2. The van der Waals surface area contributed by atoms with Crippen LogP contribution in [-0.4, -0.2) is 35.4 Å². The third-order valence-electron chi connectivity index (χ3n) is 4.65. The second kappa shape index (κ2) is 7.05. The van der Waals surface area contributed by atoms with Crippen LogP contribution < -0.4 is 5.32 Å². The van der Waals surface area contributed by atoms with Crippen LogP contribution >= 0.6 is 11.6 Å². The van der Waals surface area contributed by atoms with Gasteiger partial charge in [-0.05, 0) is 37.7 Å². The molecule has 2 aliphatic rings. The van der Waals surface area contributed by atoms with Gasteiger partial charge in [-0.25, -0.2) is 4.79 Å². The maximum absolute atomic E-state index is 12.5. The molecule has 4 N–H and O–H groups in total. The zero-order chi connectivity index (χ0) is 15.5. The molecule has 1 amide bonds. The van der Waals surface area contributed by atoms with Gasteiger partial charge in [0, 0.05) is 10.4 Å². The van der Waals surface area contributed by atoms with Gasteiger partial charge in [0.25, 0.3) is 0 Å². The van der Waals surface area contributed by atoms with Crippen LogP contribution in [0.25, 0.3) is 0 Å². The molecule has 0 heterocycles. The van der Waals surface area contributed by atoms with Gasteiger partial charge in [0.15, 0.2) is 0 Å². The lowest BCUT2D eigenvalue weighted by Gasteiger charge is -2.34. The summed E-state index contributed by atoms with van der Waals surface area (Å²) in [7, 11) is 0. The Balaban J connectivity index is 1.90. The van der Waals surface area contributed by atoms with Gasteiger partial charge in [0.2, 0.25) is 0 Å². The third kappa shape index (κ3) is 3.95. The first-order valence-corrected chi connectivity index (χ1v) is 8.07. The number of rotatable bonds is 7. The normalized spacial score (nSPS) is 30.1. The number of hydrogen-bond acceptors (Lipinski definition) is 3. The molecule has 0 aliphatic heterocycles. The molecule has 4 nitrogen and oxygen atoms in total. The van der Waals surface area contributed by atoms with E-state index in [1.54, 1.807) is 5.32 Å². The van der Waals surface area contributed by atoms with E-state index < -0.39 is 6.10 Å². The van der Waals surface area contributed by atoms with Gasteiger partial charge < -0.3 is 10.2 Å². The van der Waals surface area contributed by atoms with Crippen LogP contribution in [0.3, 0.4) is 0 Å². The van der Waals surface area contributed by atoms with Crippen LogP contribution in [0.5, 0.6) is 0 Å². The van der Waals surface area contributed by atoms with Crippen LogP contribution in [0.4, 0.5) is 0 Å². The monoisotopic (exact) mass is 314 g/mol. The summed E-state index contributed by atoms with van der Waals surface area (Å²) in [6, 6.07) is 0. The Kier molecular flexibility index (Phi) is 5.60. The standard InChI is InChI=1S/C16H24ClNO3/c1-16(11-6-7-11)8-2-5-13(17)14(16)15(21)18-9-3-4-12(20)10-19/h2,5,8,11-12,14,19-20H,3-4,6-7,9-10H2,1H3,(H,18,21)/p+1. The van der Waals surface area contributed by atoms with Crippen molar-refractivity contribution in [1.82, 2.24) is 0 Å². The van der Waals surface area contributed by atoms with Gasteiger partial charge in [-0.1, -0.05) is 30.7 Å². The van der Waals surface area contributed by atoms with E-state index in [9.17, 15) is 9.90 Å². The first-order valence-electron chi connectivity index (χ1n) is 7.70. The summed E-state index contributed by atoms with van der Waals surface area (Å²) in [5, 5.41) is 20.4. The van der Waals surface area contributed by atoms with Gasteiger partial charge >= 0.3 is 5.91 Å². The highest BCUT2D eigenvalue weighted by atomic mass is 35.5. The van der Waals surface area contributed by atoms with Crippen LogP contribution in [-0.2, 0) is 4.79 Å². The molecule has 0 aromatic carbocycles. The molecule has 0 aromatic rings. The van der Waals surface area contributed by atoms with E-state index in [-0.39, 0.29) is 23.8 Å². The third-order valence-corrected chi connectivity index (χ3v) is 4.99. The van der Waals surface area contributed by atoms with Crippen LogP contribution in [0, 0.1) is 17.3 Å². The highest BCUT2D eigenvalue weighted by Gasteiger charge is 2.51. The summed E-state index contributed by atoms with van der Waals surface area (Å²) in [6.07, 6.45) is 8.74. The van der Waals surface area contributed by atoms with E-state index in [0.717, 1.165) is 12.8 Å². The molecule has 2 rings (SSSR count). The van der Waals surface area contributed by atoms with Crippen LogP contribution in [0.2, 0.25) is 0 Å². The molecule has 0 saturated heterocycles. The van der Waals surface area contributed by atoms with Crippen molar-refractivity contribution >= 4 is 17.5 Å². The fraction of sp³-hybridized carbons (Fsp3) is 0.688. The summed E-state index contributed by atoms with van der Waals surface area (Å²) in [5.74, 6) is 0.364. The molecule has 5 heteroatoms. The average Bonchev–Trinajstić information content (AvgIpc) is 3.28. The van der Waals surface area contributed by atoms with Gasteiger partial charge in [0.05, 0.1) is 19.3 Å². The summed E-state index contributed by atoms with van der Waals surface area (Å²) in [5.41, 5.74) is -0.163. The molecule has 0 radical (unpaired) electrons. The Morgan fingerprint density at radius 2 is 2.29 bits per heavy atom. The Morgan fingerprint density at radius 3 is 2.90 bits per heavy atom. The first-order chi connectivity index (χ1) is 9.99. The highest BCUT2D eigenvalue weighted by Crippen LogP contribution is 2.54. The number of amides is 1. The number of carbonyl (C=O) groups is 1. The Bertz CT molecular complexity index is 445. The minimum atomic E-state index is -0.689. The van der Waals surface area contributed by atoms with Crippen molar-refractivity contribution in [2.45, 2.75) is 38.7 Å². The number of halogens is 1. The van der Waals surface area contributed by atoms with Crippen molar-refractivity contribution in [2.24, 2.45) is 17.3 Å². The van der Waals surface area contributed by atoms with E-state index in [1.807, 2.05) is 12.2 Å². The fourth-order valence-electron chi connectivity index (χ4n) is 3.16. The van der Waals surface area contributed by atoms with Crippen LogP contribution in [0.1, 0.15) is 32.6 Å². The molecular formula is C16H25ClNO3+. The molecule has 118 valence electrons. The second-order valence-electron chi connectivity index (χ2n) is 6.36. The summed E-state index contributed by atoms with van der Waals surface area (Å²) >= 11 is 6.32. The number of nitrogens with two attached hydrogens (primary N) is 1. The summed E-state index contributed by atoms with van der Waals surface area (Å²) in [6.45, 7) is 2.51. The molecule has 21 heavy (non-hydrogen) atoms. The number of primary amides is 1. The van der Waals surface area contributed by atoms with Crippen molar-refractivity contribution in [1.29, 1.82) is 0 Å². The minimum absolute atomic E-state index is 0.0773. The lowest BCUT2D eigenvalue weighted by molar-refractivity contribution is -0.572. The fourth-order valence-corrected chi connectivity index (χ4v) is 3.58. The number of carbonyl (C=O) groups excluding carboxylic acids is 1. The number of hydrogen-bond donors (Lipinski definition) is 3. The summed E-state index contributed by atoms with van der Waals surface area (Å²) in [4.78, 5) is 12.5. The topological polar surface area (TPSA) is 74.1 Å². The first kappa shape index (κ1) is 16.7. The van der Waals surface area contributed by atoms with Gasteiger partial charge in [0.1, 0.15) is 5.92 Å². The van der Waals surface area contributed by atoms with Crippen molar-refractivity contribution < 1.29 is 20.3 Å². The Labute approximate surface area is 130 Å². The molecule has 0 aromatic heterocycles. The number of aliphatic hydroxyl groups excluding tert-OH is 2. The summed E-state index contributed by atoms with van der Waals surface area (Å²) < 4.78 is 0.